The van der Waals surface area contributed by atoms with Gasteiger partial charge < -0.3 is 21.1 Å². The van der Waals surface area contributed by atoms with Crippen LogP contribution in [-0.2, 0) is 16.7 Å². The van der Waals surface area contributed by atoms with Gasteiger partial charge in [0.1, 0.15) is 5.75 Å². The second kappa shape index (κ2) is 12.2. The average Bonchev–Trinajstić information content (AvgIpc) is 2.84. The molecule has 0 heterocycles. The largest absolute Gasteiger partial charge is 0.508 e. The number of nitrogens with one attached hydrogen (secondary N) is 3. The van der Waals surface area contributed by atoms with Crippen molar-refractivity contribution in [3.05, 3.63) is 89.0 Å². The van der Waals surface area contributed by atoms with E-state index < -0.39 is 10.1 Å². The Kier molecular flexibility index (Phi) is 9.31. The van der Waals surface area contributed by atoms with E-state index in [4.69, 9.17) is 0 Å². The zero-order valence-electron chi connectivity index (χ0n) is 21.5. The van der Waals surface area contributed by atoms with E-state index in [0.717, 1.165) is 28.4 Å². The lowest BCUT2D eigenvalue weighted by Crippen LogP contribution is -2.37. The Bertz CT molecular complexity index is 1300. The quantitative estimate of drug-likeness (QED) is 0.221. The molecule has 0 saturated heterocycles. The van der Waals surface area contributed by atoms with Gasteiger partial charge >= 0.3 is 6.03 Å². The number of amides is 2. The highest BCUT2D eigenvalue weighted by molar-refractivity contribution is 7.85. The molecule has 0 bridgehead atoms. The molecule has 0 radical (unpaired) electrons. The number of anilines is 1. The third-order valence-corrected chi connectivity index (χ3v) is 7.02. The lowest BCUT2D eigenvalue weighted by Gasteiger charge is -2.23. The van der Waals surface area contributed by atoms with Gasteiger partial charge in [-0.25, -0.2) is 4.79 Å². The number of rotatable bonds is 10. The molecule has 0 aromatic heterocycles. The van der Waals surface area contributed by atoms with Crippen molar-refractivity contribution in [3.8, 4) is 5.75 Å². The topological polar surface area (TPSA) is 128 Å². The maximum absolute atomic E-state index is 13.0. The van der Waals surface area contributed by atoms with Crippen molar-refractivity contribution >= 4 is 21.8 Å². The van der Waals surface area contributed by atoms with Crippen LogP contribution < -0.4 is 16.0 Å². The fraction of sp³-hybridized carbons (Fsp3) is 0.321. The highest BCUT2D eigenvalue weighted by Gasteiger charge is 2.19. The molecular weight excluding hydrogens is 490 g/mol. The lowest BCUT2D eigenvalue weighted by molar-refractivity contribution is 0.250. The number of urea groups is 1. The summed E-state index contributed by atoms with van der Waals surface area (Å²) in [5.41, 5.74) is 4.15. The van der Waals surface area contributed by atoms with Gasteiger partial charge in [-0.15, -0.1) is 0 Å². The number of hydrogen-bond acceptors (Lipinski definition) is 5. The molecule has 5 N–H and O–H groups in total. The van der Waals surface area contributed by atoms with Crippen LogP contribution >= 0.6 is 0 Å². The lowest BCUT2D eigenvalue weighted by atomic mass is 9.93. The molecule has 3 rings (SSSR count). The fourth-order valence-electron chi connectivity index (χ4n) is 4.14. The minimum Gasteiger partial charge on any atom is -0.508 e. The summed E-state index contributed by atoms with van der Waals surface area (Å²) in [6, 6.07) is 18.4. The van der Waals surface area contributed by atoms with Gasteiger partial charge in [0.15, 0.2) is 0 Å². The van der Waals surface area contributed by atoms with Gasteiger partial charge in [-0.1, -0.05) is 76.2 Å². The highest BCUT2D eigenvalue weighted by atomic mass is 32.2. The third-order valence-electron chi connectivity index (χ3n) is 6.17. The molecule has 0 aliphatic heterocycles. The standard InChI is InChI=1S/C28H35N3O5S/c1-18(2)23-11-8-12-24(19(3)4)27(23)31-28(33)30-17-25(20-9-6-5-7-10-20)29-16-21-15-22(37(34,35)36)13-14-26(21)32/h5-15,18-19,25,29,32H,16-17H2,1-4H3,(H2,30,31,33)(H,34,35,36)/t25-/m0/s1. The summed E-state index contributed by atoms with van der Waals surface area (Å²) in [7, 11) is -4.41. The Morgan fingerprint density at radius 1 is 0.892 bits per heavy atom. The van der Waals surface area contributed by atoms with Crippen LogP contribution in [0.5, 0.6) is 5.75 Å². The Hall–Kier alpha value is -3.40. The summed E-state index contributed by atoms with van der Waals surface area (Å²) in [6.45, 7) is 8.68. The molecule has 1 atom stereocenters. The number of phenols is 1. The van der Waals surface area contributed by atoms with E-state index >= 15 is 0 Å². The van der Waals surface area contributed by atoms with Crippen molar-refractivity contribution in [2.75, 3.05) is 11.9 Å². The molecule has 0 fully saturated rings. The first-order valence-corrected chi connectivity index (χ1v) is 13.7. The smallest absolute Gasteiger partial charge is 0.319 e. The Morgan fingerprint density at radius 3 is 2.08 bits per heavy atom. The number of benzene rings is 3. The van der Waals surface area contributed by atoms with Crippen molar-refractivity contribution < 1.29 is 22.9 Å². The Labute approximate surface area is 218 Å². The minimum absolute atomic E-state index is 0.103. The van der Waals surface area contributed by atoms with Crippen molar-refractivity contribution in [1.29, 1.82) is 0 Å². The molecule has 37 heavy (non-hydrogen) atoms. The van der Waals surface area contributed by atoms with Gasteiger partial charge in [0.05, 0.1) is 4.90 Å². The van der Waals surface area contributed by atoms with Crippen LogP contribution in [0, 0.1) is 0 Å². The highest BCUT2D eigenvalue weighted by Crippen LogP contribution is 2.32. The van der Waals surface area contributed by atoms with Crippen molar-refractivity contribution in [1.82, 2.24) is 10.6 Å². The van der Waals surface area contributed by atoms with Crippen molar-refractivity contribution in [2.45, 2.75) is 57.0 Å². The van der Waals surface area contributed by atoms with Gasteiger partial charge in [-0.3, -0.25) is 4.55 Å². The maximum atomic E-state index is 13.0. The van der Waals surface area contributed by atoms with Crippen LogP contribution in [0.2, 0.25) is 0 Å². The summed E-state index contributed by atoms with van der Waals surface area (Å²) in [5.74, 6) is 0.363. The first-order chi connectivity index (χ1) is 17.5. The van der Waals surface area contributed by atoms with E-state index in [-0.39, 0.29) is 47.6 Å². The molecular formula is C28H35N3O5S. The number of aromatic hydroxyl groups is 1. The number of para-hydroxylation sites is 1. The molecule has 2 amide bonds. The van der Waals surface area contributed by atoms with Crippen LogP contribution in [0.25, 0.3) is 0 Å². The van der Waals surface area contributed by atoms with E-state index in [0.29, 0.717) is 5.56 Å². The average molecular weight is 526 g/mol. The molecule has 3 aromatic rings. The van der Waals surface area contributed by atoms with Gasteiger partial charge in [-0.05, 0) is 46.7 Å². The Morgan fingerprint density at radius 2 is 1.51 bits per heavy atom. The van der Waals surface area contributed by atoms with E-state index in [1.807, 2.05) is 48.5 Å². The first kappa shape index (κ1) is 28.2. The van der Waals surface area contributed by atoms with Crippen LogP contribution in [0.15, 0.2) is 71.6 Å². The van der Waals surface area contributed by atoms with Crippen LogP contribution in [0.3, 0.4) is 0 Å². The molecule has 0 aliphatic rings. The molecule has 8 nitrogen and oxygen atoms in total. The molecule has 198 valence electrons. The monoisotopic (exact) mass is 525 g/mol. The van der Waals surface area contributed by atoms with E-state index in [9.17, 15) is 22.9 Å². The molecule has 0 aliphatic carbocycles. The number of carbonyl (C=O) groups excluding carboxylic acids is 1. The number of hydrogen-bond donors (Lipinski definition) is 5. The van der Waals surface area contributed by atoms with E-state index in [1.54, 1.807) is 0 Å². The minimum atomic E-state index is -4.41. The first-order valence-electron chi connectivity index (χ1n) is 12.2. The van der Waals surface area contributed by atoms with E-state index in [2.05, 4.69) is 43.6 Å². The molecule has 0 unspecified atom stereocenters. The zero-order valence-corrected chi connectivity index (χ0v) is 22.3. The maximum Gasteiger partial charge on any atom is 0.319 e. The van der Waals surface area contributed by atoms with Gasteiger partial charge in [0, 0.05) is 30.4 Å². The normalized spacial score (nSPS) is 12.5. The van der Waals surface area contributed by atoms with Crippen LogP contribution in [0.1, 0.15) is 67.8 Å². The molecule has 9 heteroatoms. The summed E-state index contributed by atoms with van der Waals surface area (Å²) in [5, 5.41) is 19.5. The Balaban J connectivity index is 1.77. The summed E-state index contributed by atoms with van der Waals surface area (Å²) in [6.07, 6.45) is 0. The van der Waals surface area contributed by atoms with Gasteiger partial charge in [-0.2, -0.15) is 8.42 Å². The third kappa shape index (κ3) is 7.55. The van der Waals surface area contributed by atoms with Crippen LogP contribution in [-0.4, -0.2) is 30.7 Å². The SMILES string of the molecule is CC(C)c1cccc(C(C)C)c1NC(=O)NC[C@H](NCc1cc(S(=O)(=O)O)ccc1O)c1ccccc1. The fourth-order valence-corrected chi connectivity index (χ4v) is 4.67. The predicted octanol–water partition coefficient (Wildman–Crippen LogP) is 5.54. The van der Waals surface area contributed by atoms with E-state index in [1.165, 1.54) is 12.1 Å². The van der Waals surface area contributed by atoms with Gasteiger partial charge in [0.2, 0.25) is 0 Å². The van der Waals surface area contributed by atoms with Crippen molar-refractivity contribution in [3.63, 3.8) is 0 Å². The summed E-state index contributed by atoms with van der Waals surface area (Å²) < 4.78 is 32.4. The zero-order chi connectivity index (χ0) is 27.2. The van der Waals surface area contributed by atoms with Crippen LogP contribution in [0.4, 0.5) is 10.5 Å². The number of phenolic OH excluding ortho intramolecular Hbond substituents is 1. The summed E-state index contributed by atoms with van der Waals surface area (Å²) in [4.78, 5) is 12.7. The molecule has 0 saturated carbocycles. The van der Waals surface area contributed by atoms with Gasteiger partial charge in [0.25, 0.3) is 10.1 Å². The summed E-state index contributed by atoms with van der Waals surface area (Å²) >= 11 is 0. The van der Waals surface area contributed by atoms with Crippen molar-refractivity contribution in [2.24, 2.45) is 0 Å². The molecule has 0 spiro atoms. The second-order valence-corrected chi connectivity index (χ2v) is 11.0. The predicted molar refractivity (Wildman–Crippen MR) is 146 cm³/mol. The second-order valence-electron chi connectivity index (χ2n) is 9.57. The number of carbonyl (C=O) groups is 1. The molecule has 3 aromatic carbocycles.